The maximum atomic E-state index is 15.6. The van der Waals surface area contributed by atoms with Crippen LogP contribution in [0, 0.1) is 23.7 Å². The number of likely N-dealkylation sites (N-methyl/N-ethyl adjacent to an activating group) is 4. The Morgan fingerprint density at radius 3 is 1.66 bits per heavy atom. The number of ether oxygens (including phenoxy) is 2. The molecular weight excluding hydrogens is 1320 g/mol. The van der Waals surface area contributed by atoms with Crippen LogP contribution < -0.4 is 27.0 Å². The van der Waals surface area contributed by atoms with Gasteiger partial charge in [0, 0.05) is 93.1 Å². The molecule has 7 N–H and O–H groups in total. The molecule has 2 aromatic rings. The van der Waals surface area contributed by atoms with Gasteiger partial charge in [-0.3, -0.25) is 52.8 Å². The van der Waals surface area contributed by atoms with E-state index in [-0.39, 0.29) is 107 Å². The molecule has 103 heavy (non-hydrogen) atoms. The molecule has 0 saturated carbocycles. The van der Waals surface area contributed by atoms with E-state index < -0.39 is 132 Å². The molecule has 578 valence electrons. The molecule has 11 atom stereocenters. The number of nitrogens with zero attached hydrogens (tertiary/aromatic N) is 7. The van der Waals surface area contributed by atoms with Crippen molar-refractivity contribution in [3.8, 4) is 0 Å². The third-order valence-corrected chi connectivity index (χ3v) is 18.9. The summed E-state index contributed by atoms with van der Waals surface area (Å²) in [6.07, 6.45) is 1.58. The molecule has 2 aliphatic rings. The molecule has 12 amide bonds. The number of aliphatic hydroxyl groups excluding tert-OH is 1. The number of carbonyl (C=O) groups is 11. The first kappa shape index (κ1) is 87.9. The van der Waals surface area contributed by atoms with E-state index in [0.717, 1.165) is 34.6 Å². The summed E-state index contributed by atoms with van der Waals surface area (Å²) >= 11 is 0. The first-order valence-corrected chi connectivity index (χ1v) is 37.3. The molecule has 0 spiro atoms. The van der Waals surface area contributed by atoms with Crippen molar-refractivity contribution in [2.24, 2.45) is 29.4 Å². The van der Waals surface area contributed by atoms with Crippen molar-refractivity contribution in [2.75, 3.05) is 67.6 Å². The monoisotopic (exact) mass is 1440 g/mol. The first-order valence-electron chi connectivity index (χ1n) is 37.3. The minimum absolute atomic E-state index is 0.0337. The van der Waals surface area contributed by atoms with Gasteiger partial charge in [-0.1, -0.05) is 129 Å². The summed E-state index contributed by atoms with van der Waals surface area (Å²) in [6, 6.07) is 6.64. The number of hydrogen-bond acceptors (Lipinski definition) is 15. The molecule has 26 nitrogen and oxygen atoms in total. The SMILES string of the molecule is CCCCN(C(=O)N[C@@H](COC(C)(C)C)C(=O)N(C)[C@@H](CC(C)C)C(=O)N(C)[C@@H](CC(C)C)C(=O)N1C[C@H](OCC)C[C@H]1C(=O)NC(C(=O)N(C)[C@@H](Cc1ccccc1)C(=O)N[C@@H](Cc1ccccc1)C(=O)N(C)[C@H](N)CC(C)C)[C@@H](C)O)C(=O)[C@@H](CC(C)C)NC(=O)CCC(=O)N1CCCCC1. The predicted molar refractivity (Wildman–Crippen MR) is 396 cm³/mol. The predicted octanol–water partition coefficient (Wildman–Crippen LogP) is 6.04. The molecule has 2 aliphatic heterocycles. The van der Waals surface area contributed by atoms with E-state index in [1.165, 1.54) is 47.7 Å². The third kappa shape index (κ3) is 27.8. The number of piperidine rings is 1. The summed E-state index contributed by atoms with van der Waals surface area (Å²) in [7, 11) is 5.85. The average molecular weight is 1440 g/mol. The van der Waals surface area contributed by atoms with E-state index in [9.17, 15) is 33.9 Å². The van der Waals surface area contributed by atoms with Gasteiger partial charge >= 0.3 is 6.03 Å². The molecule has 2 heterocycles. The van der Waals surface area contributed by atoms with Crippen molar-refractivity contribution in [2.45, 2.75) is 259 Å². The summed E-state index contributed by atoms with van der Waals surface area (Å²) in [6.45, 7) is 26.4. The van der Waals surface area contributed by atoms with Crippen LogP contribution in [0.3, 0.4) is 0 Å². The van der Waals surface area contributed by atoms with E-state index >= 15 is 24.0 Å². The lowest BCUT2D eigenvalue weighted by Crippen LogP contribution is -2.62. The first-order chi connectivity index (χ1) is 48.4. The fourth-order valence-corrected chi connectivity index (χ4v) is 13.0. The van der Waals surface area contributed by atoms with Gasteiger partial charge in [0.1, 0.15) is 48.3 Å². The number of amides is 12. The number of likely N-dealkylation sites (tertiary alicyclic amines) is 2. The summed E-state index contributed by atoms with van der Waals surface area (Å²) in [5.74, 6) is -6.55. The second kappa shape index (κ2) is 42.4. The highest BCUT2D eigenvalue weighted by Gasteiger charge is 2.47. The van der Waals surface area contributed by atoms with Crippen LogP contribution in [0.15, 0.2) is 60.7 Å². The lowest BCUT2D eigenvalue weighted by molar-refractivity contribution is -0.153. The van der Waals surface area contributed by atoms with E-state index in [1.54, 1.807) is 70.0 Å². The minimum Gasteiger partial charge on any atom is -0.391 e. The molecule has 0 radical (unpaired) electrons. The standard InChI is InChI=1S/C77H126N12O14/c1-19-21-39-88(72(97)57(40-49(3)4)79-65(91)35-36-66(92)87-37-29-24-30-38-87)76(101)81-59(48-103-77(12,13)14)71(96)84(16)62(41-50(5)6)73(98)85(17)63(42-51(7)8)74(99)89-47-56(102-20-2)46-61(89)69(94)82-67(53(11)90)75(100)83(15)60(45-55-33-27-23-28-34-55)68(93)80-58(44-54-31-25-22-26-32-54)70(95)86(18)64(78)43-52(9)10/h22-23,25-28,31-34,49-53,56-64,67,90H,19-21,24,29-30,35-48,78H2,1-18H3,(H,79,91)(H,80,93)(H,81,101)(H,82,94)/t53-,56-,57-,58+,59+,60+,61+,62+,63+,64+,67?/m1/s1. The van der Waals surface area contributed by atoms with Crippen LogP contribution >= 0.6 is 0 Å². The Kier molecular flexibility index (Phi) is 36.2. The van der Waals surface area contributed by atoms with Crippen LogP contribution in [-0.2, 0) is 70.3 Å². The van der Waals surface area contributed by atoms with Crippen molar-refractivity contribution < 1.29 is 67.3 Å². The van der Waals surface area contributed by atoms with Crippen LogP contribution in [0.2, 0.25) is 0 Å². The second-order valence-corrected chi connectivity index (χ2v) is 30.7. The van der Waals surface area contributed by atoms with Gasteiger partial charge in [-0.05, 0) is 121 Å². The number of nitrogens with two attached hydrogens (primary N) is 1. The van der Waals surface area contributed by atoms with E-state index in [4.69, 9.17) is 15.2 Å². The highest BCUT2D eigenvalue weighted by Crippen LogP contribution is 2.28. The molecule has 4 rings (SSSR count). The summed E-state index contributed by atoms with van der Waals surface area (Å²) in [5.41, 5.74) is 7.11. The van der Waals surface area contributed by atoms with Crippen molar-refractivity contribution in [3.05, 3.63) is 71.8 Å². The van der Waals surface area contributed by atoms with E-state index in [0.29, 0.717) is 37.9 Å². The molecule has 0 bridgehead atoms. The molecule has 1 unspecified atom stereocenters. The number of rotatable bonds is 39. The smallest absolute Gasteiger partial charge is 0.324 e. The fourth-order valence-electron chi connectivity index (χ4n) is 13.0. The van der Waals surface area contributed by atoms with Crippen LogP contribution in [0.1, 0.15) is 185 Å². The van der Waals surface area contributed by atoms with Crippen LogP contribution in [0.25, 0.3) is 0 Å². The molecule has 2 saturated heterocycles. The Balaban J connectivity index is 1.68. The van der Waals surface area contributed by atoms with Crippen molar-refractivity contribution in [1.29, 1.82) is 0 Å². The molecule has 2 fully saturated rings. The summed E-state index contributed by atoms with van der Waals surface area (Å²) in [5, 5.41) is 22.7. The van der Waals surface area contributed by atoms with Gasteiger partial charge < -0.3 is 71.0 Å². The van der Waals surface area contributed by atoms with Gasteiger partial charge in [-0.2, -0.15) is 0 Å². The third-order valence-electron chi connectivity index (χ3n) is 18.9. The number of imide groups is 1. The highest BCUT2D eigenvalue weighted by atomic mass is 16.5. The topological polar surface area (TPSA) is 323 Å². The highest BCUT2D eigenvalue weighted by molar-refractivity contribution is 6.01. The van der Waals surface area contributed by atoms with Crippen LogP contribution in [0.5, 0.6) is 0 Å². The molecule has 0 aliphatic carbocycles. The lowest BCUT2D eigenvalue weighted by Gasteiger charge is -2.39. The normalized spacial score (nSPS) is 17.4. The molecule has 2 aromatic carbocycles. The van der Waals surface area contributed by atoms with Gasteiger partial charge in [0.25, 0.3) is 5.91 Å². The van der Waals surface area contributed by atoms with E-state index in [1.807, 2.05) is 92.6 Å². The minimum atomic E-state index is -1.68. The average Bonchev–Trinajstić information content (AvgIpc) is 1.74. The van der Waals surface area contributed by atoms with Crippen LogP contribution in [0.4, 0.5) is 4.79 Å². The summed E-state index contributed by atoms with van der Waals surface area (Å²) in [4.78, 5) is 171. The Morgan fingerprint density at radius 1 is 0.592 bits per heavy atom. The largest absolute Gasteiger partial charge is 0.391 e. The summed E-state index contributed by atoms with van der Waals surface area (Å²) < 4.78 is 12.3. The van der Waals surface area contributed by atoms with Crippen molar-refractivity contribution in [1.82, 2.24) is 55.6 Å². The van der Waals surface area contributed by atoms with Crippen LogP contribution in [-0.4, -0.2) is 244 Å². The quantitative estimate of drug-likeness (QED) is 0.0416. The number of unbranched alkanes of at least 4 members (excludes halogenated alkanes) is 1. The Hall–Kier alpha value is -7.55. The molecular formula is C77H126N12O14. The molecule has 0 aromatic heterocycles. The number of aliphatic hydroxyl groups is 1. The second-order valence-electron chi connectivity index (χ2n) is 30.7. The van der Waals surface area contributed by atoms with Gasteiger partial charge in [-0.15, -0.1) is 0 Å². The zero-order valence-electron chi connectivity index (χ0n) is 65.0. The molecule has 26 heteroatoms. The van der Waals surface area contributed by atoms with Crippen molar-refractivity contribution >= 4 is 65.1 Å². The van der Waals surface area contributed by atoms with Gasteiger partial charge in [-0.25, -0.2) is 4.79 Å². The van der Waals surface area contributed by atoms with Crippen molar-refractivity contribution in [3.63, 3.8) is 0 Å². The number of nitrogens with one attached hydrogen (secondary N) is 4. The number of carbonyl (C=O) groups excluding carboxylic acids is 11. The lowest BCUT2D eigenvalue weighted by atomic mass is 9.97. The Labute approximate surface area is 613 Å². The Bertz CT molecular complexity index is 3070. The zero-order valence-corrected chi connectivity index (χ0v) is 65.0. The number of urea groups is 1. The maximum absolute atomic E-state index is 15.6. The maximum Gasteiger partial charge on any atom is 0.324 e. The fraction of sp³-hybridized carbons (Fsp3) is 0.701. The number of hydrogen-bond donors (Lipinski definition) is 6. The number of benzene rings is 2. The van der Waals surface area contributed by atoms with Gasteiger partial charge in [0.05, 0.1) is 30.6 Å². The van der Waals surface area contributed by atoms with Gasteiger partial charge in [0.2, 0.25) is 53.2 Å². The zero-order chi connectivity index (χ0) is 77.2. The Morgan fingerprint density at radius 2 is 1.13 bits per heavy atom. The van der Waals surface area contributed by atoms with E-state index in [2.05, 4.69) is 21.3 Å². The van der Waals surface area contributed by atoms with Gasteiger partial charge in [0.15, 0.2) is 0 Å².